The summed E-state index contributed by atoms with van der Waals surface area (Å²) < 4.78 is 28.3. The summed E-state index contributed by atoms with van der Waals surface area (Å²) in [6, 6.07) is 0.253. The van der Waals surface area contributed by atoms with Gasteiger partial charge < -0.3 is 0 Å². The quantitative estimate of drug-likeness (QED) is 0.737. The van der Waals surface area contributed by atoms with Gasteiger partial charge in [-0.25, -0.2) is 0 Å². The highest BCUT2D eigenvalue weighted by Crippen LogP contribution is 2.40. The first kappa shape index (κ1) is 13.6. The summed E-state index contributed by atoms with van der Waals surface area (Å²) in [6.45, 7) is 4.85. The predicted octanol–water partition coefficient (Wildman–Crippen LogP) is 1.81. The number of piperidine rings is 1. The molecule has 0 aromatic carbocycles. The van der Waals surface area contributed by atoms with Crippen molar-refractivity contribution in [3.63, 3.8) is 0 Å². The minimum Gasteiger partial charge on any atom is -0.195 e. The first-order valence-corrected chi connectivity index (χ1v) is 8.26. The lowest BCUT2D eigenvalue weighted by Gasteiger charge is -2.38. The van der Waals surface area contributed by atoms with Gasteiger partial charge >= 0.3 is 0 Å². The minimum absolute atomic E-state index is 0.127. The molecule has 2 saturated heterocycles. The third-order valence-electron chi connectivity index (χ3n) is 3.91. The van der Waals surface area contributed by atoms with Gasteiger partial charge in [-0.2, -0.15) is 17.0 Å². The highest BCUT2D eigenvalue weighted by atomic mass is 35.5. The van der Waals surface area contributed by atoms with Gasteiger partial charge in [0.25, 0.3) is 10.2 Å². The molecule has 2 heterocycles. The normalized spacial score (nSPS) is 34.5. The Morgan fingerprint density at radius 2 is 1.65 bits per heavy atom. The third-order valence-corrected chi connectivity index (χ3v) is 6.56. The molecule has 100 valence electrons. The van der Waals surface area contributed by atoms with Crippen molar-refractivity contribution in [2.75, 3.05) is 13.1 Å². The number of fused-ring (bicyclic) bond motifs is 2. The summed E-state index contributed by atoms with van der Waals surface area (Å²) in [5.74, 6) is 0. The molecule has 2 fully saturated rings. The summed E-state index contributed by atoms with van der Waals surface area (Å²) >= 11 is 6.17. The largest absolute Gasteiger partial charge is 0.282 e. The molecule has 2 aliphatic rings. The average molecular weight is 281 g/mol. The molecule has 0 N–H and O–H groups in total. The Morgan fingerprint density at radius 1 is 1.18 bits per heavy atom. The fraction of sp³-hybridized carbons (Fsp3) is 1.00. The molecule has 6 heteroatoms. The Hall–Kier alpha value is 0.160. The zero-order chi connectivity index (χ0) is 12.6. The molecule has 2 rings (SSSR count). The van der Waals surface area contributed by atoms with Crippen LogP contribution in [0.2, 0.25) is 0 Å². The van der Waals surface area contributed by atoms with E-state index in [1.807, 2.05) is 13.8 Å². The maximum Gasteiger partial charge on any atom is 0.282 e. The van der Waals surface area contributed by atoms with Crippen LogP contribution in [0.4, 0.5) is 0 Å². The molecule has 0 spiro atoms. The van der Waals surface area contributed by atoms with Crippen LogP contribution in [0.3, 0.4) is 0 Å². The standard InChI is InChI=1S/C11H21ClN2O2S/c1-3-13(4-2)17(15,16)14-10-5-6-11(14)8-9(12)7-10/h9-11H,3-8H2,1-2H3. The maximum atomic E-state index is 12.5. The lowest BCUT2D eigenvalue weighted by molar-refractivity contribution is 0.231. The van der Waals surface area contributed by atoms with Crippen LogP contribution >= 0.6 is 11.6 Å². The van der Waals surface area contributed by atoms with E-state index in [0.717, 1.165) is 25.7 Å². The molecule has 0 aromatic heterocycles. The lowest BCUT2D eigenvalue weighted by Crippen LogP contribution is -2.52. The third kappa shape index (κ3) is 2.35. The van der Waals surface area contributed by atoms with Gasteiger partial charge in [0.1, 0.15) is 0 Å². The summed E-state index contributed by atoms with van der Waals surface area (Å²) in [5, 5.41) is 0.149. The highest BCUT2D eigenvalue weighted by molar-refractivity contribution is 7.86. The van der Waals surface area contributed by atoms with Gasteiger partial charge in [0.15, 0.2) is 0 Å². The van der Waals surface area contributed by atoms with Crippen molar-refractivity contribution in [2.45, 2.75) is 57.0 Å². The van der Waals surface area contributed by atoms with E-state index < -0.39 is 10.2 Å². The van der Waals surface area contributed by atoms with Gasteiger partial charge in [0, 0.05) is 30.6 Å². The van der Waals surface area contributed by atoms with Crippen molar-refractivity contribution in [2.24, 2.45) is 0 Å². The summed E-state index contributed by atoms with van der Waals surface area (Å²) in [7, 11) is -3.28. The Labute approximate surface area is 109 Å². The topological polar surface area (TPSA) is 40.6 Å². The first-order valence-electron chi connectivity index (χ1n) is 6.43. The smallest absolute Gasteiger partial charge is 0.195 e. The zero-order valence-electron chi connectivity index (χ0n) is 10.5. The Balaban J connectivity index is 2.23. The number of alkyl halides is 1. The maximum absolute atomic E-state index is 12.5. The van der Waals surface area contributed by atoms with Gasteiger partial charge in [-0.3, -0.25) is 0 Å². The molecular formula is C11H21ClN2O2S. The van der Waals surface area contributed by atoms with Crippen LogP contribution in [-0.2, 0) is 10.2 Å². The van der Waals surface area contributed by atoms with Crippen molar-refractivity contribution in [1.82, 2.24) is 8.61 Å². The second kappa shape index (κ2) is 5.03. The fourth-order valence-electron chi connectivity index (χ4n) is 3.13. The van der Waals surface area contributed by atoms with E-state index in [9.17, 15) is 8.42 Å². The minimum atomic E-state index is -3.28. The van der Waals surface area contributed by atoms with Gasteiger partial charge in [-0.05, 0) is 25.7 Å². The van der Waals surface area contributed by atoms with Crippen molar-refractivity contribution in [1.29, 1.82) is 0 Å². The summed E-state index contributed by atoms with van der Waals surface area (Å²) in [5.41, 5.74) is 0. The van der Waals surface area contributed by atoms with Crippen molar-refractivity contribution < 1.29 is 8.42 Å². The fourth-order valence-corrected chi connectivity index (χ4v) is 5.59. The number of rotatable bonds is 4. The molecule has 17 heavy (non-hydrogen) atoms. The van der Waals surface area contributed by atoms with E-state index in [-0.39, 0.29) is 17.5 Å². The second-order valence-corrected chi connectivity index (χ2v) is 7.33. The Bertz CT molecular complexity index is 356. The average Bonchev–Trinajstić information content (AvgIpc) is 2.54. The number of halogens is 1. The molecule has 4 nitrogen and oxygen atoms in total. The zero-order valence-corrected chi connectivity index (χ0v) is 12.0. The lowest BCUT2D eigenvalue weighted by atomic mass is 10.1. The van der Waals surface area contributed by atoms with Crippen molar-refractivity contribution in [3.8, 4) is 0 Å². The van der Waals surface area contributed by atoms with E-state index in [1.165, 1.54) is 0 Å². The molecule has 0 saturated carbocycles. The molecule has 0 aromatic rings. The molecular weight excluding hydrogens is 260 g/mol. The summed E-state index contributed by atoms with van der Waals surface area (Å²) in [6.07, 6.45) is 3.54. The van der Waals surface area contributed by atoms with Gasteiger partial charge in [-0.15, -0.1) is 11.6 Å². The van der Waals surface area contributed by atoms with Crippen LogP contribution in [0.25, 0.3) is 0 Å². The van der Waals surface area contributed by atoms with Gasteiger partial charge in [0.05, 0.1) is 0 Å². The van der Waals surface area contributed by atoms with E-state index in [2.05, 4.69) is 0 Å². The van der Waals surface area contributed by atoms with Crippen LogP contribution in [0.5, 0.6) is 0 Å². The molecule has 2 unspecified atom stereocenters. The van der Waals surface area contributed by atoms with Crippen LogP contribution in [0.15, 0.2) is 0 Å². The van der Waals surface area contributed by atoms with Crippen molar-refractivity contribution >= 4 is 21.8 Å². The number of hydrogen-bond acceptors (Lipinski definition) is 2. The van der Waals surface area contributed by atoms with Gasteiger partial charge in [0.2, 0.25) is 0 Å². The number of hydrogen-bond donors (Lipinski definition) is 0. The highest BCUT2D eigenvalue weighted by Gasteiger charge is 2.47. The van der Waals surface area contributed by atoms with Crippen LogP contribution in [0, 0.1) is 0 Å². The van der Waals surface area contributed by atoms with E-state index in [0.29, 0.717) is 13.1 Å². The summed E-state index contributed by atoms with van der Waals surface area (Å²) in [4.78, 5) is 0. The predicted molar refractivity (Wildman–Crippen MR) is 69.4 cm³/mol. The van der Waals surface area contributed by atoms with Gasteiger partial charge in [-0.1, -0.05) is 13.8 Å². The molecule has 0 aliphatic carbocycles. The molecule has 2 aliphatic heterocycles. The van der Waals surface area contributed by atoms with Crippen LogP contribution in [-0.4, -0.2) is 47.6 Å². The van der Waals surface area contributed by atoms with E-state index in [4.69, 9.17) is 11.6 Å². The molecule has 0 radical (unpaired) electrons. The monoisotopic (exact) mass is 280 g/mol. The Morgan fingerprint density at radius 3 is 2.06 bits per heavy atom. The molecule has 0 amide bonds. The number of nitrogens with zero attached hydrogens (tertiary/aromatic N) is 2. The Kier molecular flexibility index (Phi) is 4.02. The molecule has 2 atom stereocenters. The van der Waals surface area contributed by atoms with E-state index >= 15 is 0 Å². The second-order valence-electron chi connectivity index (χ2n) is 4.88. The SMILES string of the molecule is CCN(CC)S(=O)(=O)N1C2CCC1CC(Cl)C2. The van der Waals surface area contributed by atoms with E-state index in [1.54, 1.807) is 8.61 Å². The first-order chi connectivity index (χ1) is 8.00. The van der Waals surface area contributed by atoms with Crippen LogP contribution in [0.1, 0.15) is 39.5 Å². The van der Waals surface area contributed by atoms with Crippen molar-refractivity contribution in [3.05, 3.63) is 0 Å². The van der Waals surface area contributed by atoms with Crippen LogP contribution < -0.4 is 0 Å². The molecule has 2 bridgehead atoms.